The quantitative estimate of drug-likeness (QED) is 0.719. The monoisotopic (exact) mass is 405 g/mol. The third kappa shape index (κ3) is 4.07. The molecule has 5 nitrogen and oxygen atoms in total. The van der Waals surface area contributed by atoms with Crippen LogP contribution in [0.25, 0.3) is 0 Å². The molecular weight excluding hydrogens is 374 g/mol. The Hall–Kier alpha value is -2.82. The third-order valence-electron chi connectivity index (χ3n) is 6.41. The summed E-state index contributed by atoms with van der Waals surface area (Å²) in [6.07, 6.45) is 6.10. The molecule has 2 heterocycles. The number of likely N-dealkylation sites (tertiary alicyclic amines) is 1. The number of rotatable bonds is 5. The Bertz CT molecular complexity index is 928. The average molecular weight is 406 g/mol. The van der Waals surface area contributed by atoms with Crippen LogP contribution in [0.1, 0.15) is 70.9 Å². The van der Waals surface area contributed by atoms with E-state index in [-0.39, 0.29) is 11.8 Å². The fraction of sp³-hybridized carbons (Fsp3) is 0.440. The van der Waals surface area contributed by atoms with Crippen molar-refractivity contribution >= 4 is 17.5 Å². The van der Waals surface area contributed by atoms with Crippen molar-refractivity contribution in [1.29, 1.82) is 0 Å². The first-order chi connectivity index (χ1) is 14.5. The lowest BCUT2D eigenvalue weighted by atomic mass is 9.91. The maximum absolute atomic E-state index is 13.0. The van der Waals surface area contributed by atoms with Gasteiger partial charge in [-0.3, -0.25) is 9.59 Å². The highest BCUT2D eigenvalue weighted by Crippen LogP contribution is 2.33. The second-order valence-corrected chi connectivity index (χ2v) is 8.60. The summed E-state index contributed by atoms with van der Waals surface area (Å²) in [6.45, 7) is 5.46. The van der Waals surface area contributed by atoms with Crippen molar-refractivity contribution in [3.63, 3.8) is 0 Å². The van der Waals surface area contributed by atoms with Crippen LogP contribution in [0.2, 0.25) is 0 Å². The first-order valence-electron chi connectivity index (χ1n) is 11.1. The zero-order chi connectivity index (χ0) is 21.1. The summed E-state index contributed by atoms with van der Waals surface area (Å²) in [4.78, 5) is 27.5. The predicted octanol–water partition coefficient (Wildman–Crippen LogP) is 4.52. The number of piperidine rings is 1. The van der Waals surface area contributed by atoms with Gasteiger partial charge >= 0.3 is 0 Å². The first-order valence-corrected chi connectivity index (χ1v) is 11.1. The molecule has 2 aliphatic rings. The lowest BCUT2D eigenvalue weighted by molar-refractivity contribution is 0.0639. The molecule has 1 saturated heterocycles. The predicted molar refractivity (Wildman–Crippen MR) is 120 cm³/mol. The highest BCUT2D eigenvalue weighted by molar-refractivity contribution is 6.03. The molecule has 1 fully saturated rings. The minimum atomic E-state index is -0.476. The van der Waals surface area contributed by atoms with E-state index in [0.29, 0.717) is 31.5 Å². The second-order valence-electron chi connectivity index (χ2n) is 8.60. The van der Waals surface area contributed by atoms with Crippen molar-refractivity contribution in [3.05, 3.63) is 64.7 Å². The maximum Gasteiger partial charge on any atom is 0.255 e. The Morgan fingerprint density at radius 1 is 1.03 bits per heavy atom. The summed E-state index contributed by atoms with van der Waals surface area (Å²) in [5.41, 5.74) is 4.24. The van der Waals surface area contributed by atoms with Crippen LogP contribution in [0.4, 0.5) is 5.69 Å². The van der Waals surface area contributed by atoms with Gasteiger partial charge in [-0.2, -0.15) is 0 Å². The number of carbonyl (C=O) groups excluding carboxylic acids is 2. The number of fused-ring (bicyclic) bond motifs is 1. The number of nitrogens with zero attached hydrogens (tertiary/aromatic N) is 1. The van der Waals surface area contributed by atoms with E-state index in [1.54, 1.807) is 0 Å². The number of para-hydroxylation sites is 1. The van der Waals surface area contributed by atoms with Crippen LogP contribution in [-0.2, 0) is 6.42 Å². The van der Waals surface area contributed by atoms with Gasteiger partial charge < -0.3 is 15.5 Å². The molecule has 5 heteroatoms. The molecule has 2 aromatic rings. The summed E-state index contributed by atoms with van der Waals surface area (Å²) >= 11 is 0. The van der Waals surface area contributed by atoms with E-state index in [4.69, 9.17) is 0 Å². The highest BCUT2D eigenvalue weighted by Gasteiger charge is 2.41. The summed E-state index contributed by atoms with van der Waals surface area (Å²) in [5.74, 6) is 0.0366. The second kappa shape index (κ2) is 8.50. The van der Waals surface area contributed by atoms with Gasteiger partial charge in [-0.15, -0.1) is 0 Å². The minimum Gasteiger partial charge on any atom is -0.362 e. The normalized spacial score (nSPS) is 17.3. The molecule has 2 N–H and O–H groups in total. The molecule has 0 bridgehead atoms. The summed E-state index contributed by atoms with van der Waals surface area (Å²) < 4.78 is 0. The van der Waals surface area contributed by atoms with Crippen LogP contribution in [0.15, 0.2) is 42.5 Å². The van der Waals surface area contributed by atoms with Gasteiger partial charge in [-0.05, 0) is 49.1 Å². The number of anilines is 1. The molecule has 0 radical (unpaired) electrons. The fourth-order valence-corrected chi connectivity index (χ4v) is 4.50. The van der Waals surface area contributed by atoms with Crippen LogP contribution in [0, 0.1) is 6.92 Å². The molecule has 4 rings (SSSR count). The molecule has 158 valence electrons. The fourth-order valence-electron chi connectivity index (χ4n) is 4.50. The van der Waals surface area contributed by atoms with E-state index in [0.717, 1.165) is 23.2 Å². The van der Waals surface area contributed by atoms with Crippen LogP contribution in [-0.4, -0.2) is 35.5 Å². The van der Waals surface area contributed by atoms with Crippen LogP contribution < -0.4 is 10.6 Å². The summed E-state index contributed by atoms with van der Waals surface area (Å²) in [5, 5.41) is 6.73. The minimum absolute atomic E-state index is 0.0362. The Balaban J connectivity index is 1.39. The molecule has 2 aliphatic heterocycles. The van der Waals surface area contributed by atoms with Crippen LogP contribution >= 0.6 is 0 Å². The van der Waals surface area contributed by atoms with Gasteiger partial charge in [0.2, 0.25) is 0 Å². The molecular formula is C25H31N3O2. The van der Waals surface area contributed by atoms with Crippen LogP contribution in [0.5, 0.6) is 0 Å². The smallest absolute Gasteiger partial charge is 0.255 e. The first kappa shape index (κ1) is 20.5. The molecule has 0 unspecified atom stereocenters. The van der Waals surface area contributed by atoms with E-state index < -0.39 is 5.66 Å². The van der Waals surface area contributed by atoms with E-state index in [1.807, 2.05) is 42.2 Å². The number of unbranched alkanes of at least 4 members (excludes halogenated alkanes) is 2. The third-order valence-corrected chi connectivity index (χ3v) is 6.41. The zero-order valence-corrected chi connectivity index (χ0v) is 18.0. The number of amides is 2. The largest absolute Gasteiger partial charge is 0.362 e. The zero-order valence-electron chi connectivity index (χ0n) is 18.0. The van der Waals surface area contributed by atoms with Gasteiger partial charge in [0.25, 0.3) is 11.8 Å². The Kier molecular flexibility index (Phi) is 5.80. The number of carbonyl (C=O) groups is 2. The number of aryl methyl sites for hydroxylation is 2. The van der Waals surface area contributed by atoms with Gasteiger partial charge in [0.15, 0.2) is 0 Å². The van der Waals surface area contributed by atoms with Crippen molar-refractivity contribution in [2.45, 2.75) is 58.0 Å². The molecule has 0 saturated carbocycles. The Morgan fingerprint density at radius 3 is 2.47 bits per heavy atom. The Morgan fingerprint density at radius 2 is 1.77 bits per heavy atom. The van der Waals surface area contributed by atoms with E-state index >= 15 is 0 Å². The van der Waals surface area contributed by atoms with Gasteiger partial charge in [0, 0.05) is 31.5 Å². The van der Waals surface area contributed by atoms with E-state index in [9.17, 15) is 9.59 Å². The SMILES string of the molecule is CCCCCc1ccc(C(=O)N2CCC3(CC2)NC(=O)c2cccc(C)c2N3)cc1. The standard InChI is InChI=1S/C25H31N3O2/c1-3-4-5-8-19-10-12-20(13-11-19)24(30)28-16-14-25(15-17-28)26-22-18(2)7-6-9-21(22)23(29)27-25/h6-7,9-13,26H,3-5,8,14-17H2,1-2H3,(H,27,29). The lowest BCUT2D eigenvalue weighted by Gasteiger charge is -2.46. The molecule has 0 aromatic heterocycles. The average Bonchev–Trinajstić information content (AvgIpc) is 2.75. The molecule has 2 amide bonds. The lowest BCUT2D eigenvalue weighted by Crippen LogP contribution is -2.62. The number of benzene rings is 2. The molecule has 2 aromatic carbocycles. The van der Waals surface area contributed by atoms with Crippen molar-refractivity contribution in [2.75, 3.05) is 18.4 Å². The van der Waals surface area contributed by atoms with Gasteiger partial charge in [-0.1, -0.05) is 44.0 Å². The highest BCUT2D eigenvalue weighted by atomic mass is 16.2. The molecule has 0 aliphatic carbocycles. The summed E-state index contributed by atoms with van der Waals surface area (Å²) in [6, 6.07) is 13.8. The van der Waals surface area contributed by atoms with E-state index in [1.165, 1.54) is 24.8 Å². The van der Waals surface area contributed by atoms with Crippen molar-refractivity contribution in [3.8, 4) is 0 Å². The van der Waals surface area contributed by atoms with Crippen LogP contribution in [0.3, 0.4) is 0 Å². The van der Waals surface area contributed by atoms with Crippen molar-refractivity contribution in [2.24, 2.45) is 0 Å². The van der Waals surface area contributed by atoms with Crippen molar-refractivity contribution < 1.29 is 9.59 Å². The molecule has 1 spiro atoms. The number of hydrogen-bond acceptors (Lipinski definition) is 3. The molecule has 30 heavy (non-hydrogen) atoms. The van der Waals surface area contributed by atoms with Gasteiger partial charge in [0.1, 0.15) is 5.66 Å². The Labute approximate surface area is 178 Å². The van der Waals surface area contributed by atoms with Crippen molar-refractivity contribution in [1.82, 2.24) is 10.2 Å². The van der Waals surface area contributed by atoms with Gasteiger partial charge in [-0.25, -0.2) is 0 Å². The molecule has 0 atom stereocenters. The topological polar surface area (TPSA) is 61.4 Å². The summed E-state index contributed by atoms with van der Waals surface area (Å²) in [7, 11) is 0. The van der Waals surface area contributed by atoms with E-state index in [2.05, 4.69) is 29.7 Å². The van der Waals surface area contributed by atoms with Gasteiger partial charge in [0.05, 0.1) is 11.3 Å². The number of nitrogens with one attached hydrogen (secondary N) is 2. The maximum atomic E-state index is 13.0. The number of hydrogen-bond donors (Lipinski definition) is 2.